The van der Waals surface area contributed by atoms with Gasteiger partial charge in [0.25, 0.3) is 5.56 Å². The molecule has 4 aromatic rings. The monoisotopic (exact) mass is 485 g/mol. The van der Waals surface area contributed by atoms with Crippen molar-refractivity contribution in [1.82, 2.24) is 30.1 Å². The number of ether oxygens (including phenoxy) is 1. The highest BCUT2D eigenvalue weighted by Crippen LogP contribution is 2.30. The molecule has 6 rings (SSSR count). The molecular formula is C27H31N7O2. The number of H-pyrrole nitrogens is 1. The zero-order valence-electron chi connectivity index (χ0n) is 20.5. The largest absolute Gasteiger partial charge is 0.376 e. The zero-order valence-corrected chi connectivity index (χ0v) is 20.5. The SMILES string of the molecule is Cc1cccc2cc([C@H](c3nnnn3C[C@@H]3CCCO3)N3CCN(c4ccccc4)CC3)c(=O)[nH]c12. The second-order valence-electron chi connectivity index (χ2n) is 9.71. The van der Waals surface area contributed by atoms with Crippen LogP contribution in [0.5, 0.6) is 0 Å². The molecule has 2 aliphatic rings. The lowest BCUT2D eigenvalue weighted by atomic mass is 10.0. The van der Waals surface area contributed by atoms with Crippen LogP contribution < -0.4 is 10.5 Å². The number of pyridine rings is 1. The van der Waals surface area contributed by atoms with Crippen LogP contribution in [-0.2, 0) is 11.3 Å². The highest BCUT2D eigenvalue weighted by molar-refractivity contribution is 5.82. The molecule has 0 unspecified atom stereocenters. The molecule has 2 aromatic carbocycles. The number of nitrogens with zero attached hydrogens (tertiary/aromatic N) is 6. The molecule has 4 heterocycles. The molecular weight excluding hydrogens is 454 g/mol. The summed E-state index contributed by atoms with van der Waals surface area (Å²) >= 11 is 0. The Morgan fingerprint density at radius 2 is 1.92 bits per heavy atom. The molecule has 0 bridgehead atoms. The number of hydrogen-bond acceptors (Lipinski definition) is 7. The van der Waals surface area contributed by atoms with Crippen molar-refractivity contribution < 1.29 is 4.74 Å². The lowest BCUT2D eigenvalue weighted by molar-refractivity contribution is 0.0906. The van der Waals surface area contributed by atoms with Gasteiger partial charge in [-0.25, -0.2) is 4.68 Å². The summed E-state index contributed by atoms with van der Waals surface area (Å²) in [4.78, 5) is 21.4. The minimum Gasteiger partial charge on any atom is -0.376 e. The molecule has 2 saturated heterocycles. The molecule has 0 radical (unpaired) electrons. The molecule has 0 spiro atoms. The van der Waals surface area contributed by atoms with E-state index in [0.717, 1.165) is 62.1 Å². The minimum absolute atomic E-state index is 0.0976. The highest BCUT2D eigenvalue weighted by atomic mass is 16.5. The number of nitrogens with one attached hydrogen (secondary N) is 1. The maximum atomic E-state index is 13.5. The number of benzene rings is 2. The summed E-state index contributed by atoms with van der Waals surface area (Å²) in [5.41, 5.74) is 3.71. The summed E-state index contributed by atoms with van der Waals surface area (Å²) in [6, 6.07) is 18.2. The van der Waals surface area contributed by atoms with Crippen molar-refractivity contribution in [3.05, 3.63) is 81.9 Å². The first kappa shape index (κ1) is 22.9. The summed E-state index contributed by atoms with van der Waals surface area (Å²) in [5.74, 6) is 0.691. The van der Waals surface area contributed by atoms with Gasteiger partial charge in [0.05, 0.1) is 18.2 Å². The van der Waals surface area contributed by atoms with Gasteiger partial charge in [-0.05, 0) is 59.3 Å². The van der Waals surface area contributed by atoms with Gasteiger partial charge in [0.15, 0.2) is 5.82 Å². The molecule has 1 N–H and O–H groups in total. The second kappa shape index (κ2) is 9.83. The van der Waals surface area contributed by atoms with Gasteiger partial charge < -0.3 is 14.6 Å². The number of rotatable bonds is 6. The standard InChI is InChI=1S/C27H31N7O2/c1-19-7-5-8-20-17-23(27(35)28-24(19)20)25(26-29-30-31-34(26)18-22-11-6-16-36-22)33-14-12-32(13-15-33)21-9-3-2-4-10-21/h2-5,7-10,17,22,25H,6,11-16,18H2,1H3,(H,28,35)/t22-,25+/m0/s1. The first-order chi connectivity index (χ1) is 17.7. The molecule has 186 valence electrons. The number of piperazine rings is 1. The van der Waals surface area contributed by atoms with E-state index in [1.165, 1.54) is 5.69 Å². The predicted molar refractivity (Wildman–Crippen MR) is 138 cm³/mol. The lowest BCUT2D eigenvalue weighted by Crippen LogP contribution is -2.49. The Morgan fingerprint density at radius 3 is 2.69 bits per heavy atom. The second-order valence-corrected chi connectivity index (χ2v) is 9.71. The van der Waals surface area contributed by atoms with Crippen LogP contribution in [0.25, 0.3) is 10.9 Å². The predicted octanol–water partition coefficient (Wildman–Crippen LogP) is 2.91. The molecule has 2 aliphatic heterocycles. The lowest BCUT2D eigenvalue weighted by Gasteiger charge is -2.39. The van der Waals surface area contributed by atoms with E-state index in [4.69, 9.17) is 4.74 Å². The van der Waals surface area contributed by atoms with Gasteiger partial charge in [-0.15, -0.1) is 5.10 Å². The fourth-order valence-corrected chi connectivity index (χ4v) is 5.50. The van der Waals surface area contributed by atoms with Crippen molar-refractivity contribution in [2.24, 2.45) is 0 Å². The fraction of sp³-hybridized carbons (Fsp3) is 0.407. The maximum Gasteiger partial charge on any atom is 0.253 e. The number of aromatic nitrogens is 5. The van der Waals surface area contributed by atoms with Crippen LogP contribution in [0.2, 0.25) is 0 Å². The molecule has 9 nitrogen and oxygen atoms in total. The van der Waals surface area contributed by atoms with E-state index >= 15 is 0 Å². The summed E-state index contributed by atoms with van der Waals surface area (Å²) < 4.78 is 7.70. The van der Waals surface area contributed by atoms with Crippen molar-refractivity contribution in [2.45, 2.75) is 38.5 Å². The van der Waals surface area contributed by atoms with E-state index in [2.05, 4.69) is 54.6 Å². The number of anilines is 1. The Morgan fingerprint density at radius 1 is 1.08 bits per heavy atom. The quantitative estimate of drug-likeness (QED) is 0.449. The third-order valence-electron chi connectivity index (χ3n) is 7.42. The van der Waals surface area contributed by atoms with E-state index in [1.807, 2.05) is 41.9 Å². The van der Waals surface area contributed by atoms with Gasteiger partial charge in [-0.3, -0.25) is 9.69 Å². The van der Waals surface area contributed by atoms with Crippen molar-refractivity contribution in [1.29, 1.82) is 0 Å². The van der Waals surface area contributed by atoms with E-state index in [1.54, 1.807) is 0 Å². The molecule has 9 heteroatoms. The Labute approximate surface area is 209 Å². The van der Waals surface area contributed by atoms with Crippen molar-refractivity contribution in [3.63, 3.8) is 0 Å². The topological polar surface area (TPSA) is 92.2 Å². The number of para-hydroxylation sites is 2. The number of fused-ring (bicyclic) bond motifs is 1. The molecule has 0 amide bonds. The number of aryl methyl sites for hydroxylation is 1. The Balaban J connectivity index is 1.37. The fourth-order valence-electron chi connectivity index (χ4n) is 5.50. The van der Waals surface area contributed by atoms with Crippen molar-refractivity contribution in [3.8, 4) is 0 Å². The molecule has 36 heavy (non-hydrogen) atoms. The number of hydrogen-bond donors (Lipinski definition) is 1. The Kier molecular flexibility index (Phi) is 6.25. The van der Waals surface area contributed by atoms with E-state index < -0.39 is 0 Å². The Bertz CT molecular complexity index is 1390. The first-order valence-electron chi connectivity index (χ1n) is 12.7. The molecule has 0 aliphatic carbocycles. The Hall–Kier alpha value is -3.56. The van der Waals surface area contributed by atoms with Gasteiger partial charge in [-0.2, -0.15) is 0 Å². The normalized spacial score (nSPS) is 19.7. The summed E-state index contributed by atoms with van der Waals surface area (Å²) in [6.45, 7) is 6.68. The average Bonchev–Trinajstić information content (AvgIpc) is 3.59. The van der Waals surface area contributed by atoms with Crippen LogP contribution in [-0.4, -0.2) is 69.0 Å². The summed E-state index contributed by atoms with van der Waals surface area (Å²) in [6.07, 6.45) is 2.15. The zero-order chi connectivity index (χ0) is 24.5. The van der Waals surface area contributed by atoms with Crippen LogP contribution in [0.15, 0.2) is 59.4 Å². The highest BCUT2D eigenvalue weighted by Gasteiger charge is 2.33. The van der Waals surface area contributed by atoms with Gasteiger partial charge in [0.1, 0.15) is 6.04 Å². The average molecular weight is 486 g/mol. The van der Waals surface area contributed by atoms with Crippen LogP contribution in [0.3, 0.4) is 0 Å². The van der Waals surface area contributed by atoms with Crippen LogP contribution in [0.4, 0.5) is 5.69 Å². The van der Waals surface area contributed by atoms with Crippen LogP contribution >= 0.6 is 0 Å². The van der Waals surface area contributed by atoms with Gasteiger partial charge in [-0.1, -0.05) is 36.4 Å². The smallest absolute Gasteiger partial charge is 0.253 e. The third kappa shape index (κ3) is 4.40. The van der Waals surface area contributed by atoms with Crippen LogP contribution in [0, 0.1) is 6.92 Å². The van der Waals surface area contributed by atoms with E-state index in [-0.39, 0.29) is 17.7 Å². The van der Waals surface area contributed by atoms with Crippen molar-refractivity contribution >= 4 is 16.6 Å². The molecule has 2 atom stereocenters. The van der Waals surface area contributed by atoms with Gasteiger partial charge in [0.2, 0.25) is 0 Å². The maximum absolute atomic E-state index is 13.5. The first-order valence-corrected chi connectivity index (χ1v) is 12.7. The third-order valence-corrected chi connectivity index (χ3v) is 7.42. The number of aromatic amines is 1. The number of tetrazole rings is 1. The molecule has 2 fully saturated rings. The van der Waals surface area contributed by atoms with Crippen LogP contribution in [0.1, 0.15) is 35.8 Å². The van der Waals surface area contributed by atoms with E-state index in [0.29, 0.717) is 17.9 Å². The molecule has 2 aromatic heterocycles. The van der Waals surface area contributed by atoms with Gasteiger partial charge in [0, 0.05) is 44.0 Å². The summed E-state index contributed by atoms with van der Waals surface area (Å²) in [5, 5.41) is 13.8. The summed E-state index contributed by atoms with van der Waals surface area (Å²) in [7, 11) is 0. The van der Waals surface area contributed by atoms with E-state index in [9.17, 15) is 4.79 Å². The minimum atomic E-state index is -0.354. The van der Waals surface area contributed by atoms with Gasteiger partial charge >= 0.3 is 0 Å². The van der Waals surface area contributed by atoms with Crippen molar-refractivity contribution in [2.75, 3.05) is 37.7 Å². The molecule has 0 saturated carbocycles.